The van der Waals surface area contributed by atoms with Crippen LogP contribution in [0.1, 0.15) is 52.9 Å². The largest absolute Gasteiger partial charge is 0.375 e. The summed E-state index contributed by atoms with van der Waals surface area (Å²) < 4.78 is 13.4. The molecule has 0 radical (unpaired) electrons. The lowest BCUT2D eigenvalue weighted by atomic mass is 9.83. The summed E-state index contributed by atoms with van der Waals surface area (Å²) in [5.41, 5.74) is 2.98. The highest BCUT2D eigenvalue weighted by Crippen LogP contribution is 2.37. The fourth-order valence-electron chi connectivity index (χ4n) is 5.97. The average molecular weight is 537 g/mol. The third-order valence-electron chi connectivity index (χ3n) is 8.03. The highest BCUT2D eigenvalue weighted by atomic mass is 35.5. The van der Waals surface area contributed by atoms with Gasteiger partial charge in [0, 0.05) is 31.0 Å². The Balaban J connectivity index is 1.57. The number of aromatic nitrogens is 7. The standard InChI is InChI=1S/C27H33ClN8O2/c1-4-21-17(3)37-10-9-35(21)27-33-24-23(36(27)14-18-7-5-16(2)6-8-18)22(19-11-20(28)13-29-12-19)31-26(32-24)25-30-15-38-34-25/h11-13,15-18,21H,4-10,14H2,1-3H3/t16-,17-,18-,21-/m1/s1. The topological polar surface area (TPSA) is 108 Å². The Morgan fingerprint density at radius 1 is 1.05 bits per heavy atom. The van der Waals surface area contributed by atoms with Crippen molar-refractivity contribution >= 4 is 28.7 Å². The zero-order valence-electron chi connectivity index (χ0n) is 22.0. The van der Waals surface area contributed by atoms with E-state index < -0.39 is 0 Å². The first kappa shape index (κ1) is 25.2. The summed E-state index contributed by atoms with van der Waals surface area (Å²) in [5, 5.41) is 4.52. The van der Waals surface area contributed by atoms with Gasteiger partial charge in [-0.25, -0.2) is 9.97 Å². The van der Waals surface area contributed by atoms with Crippen LogP contribution >= 0.6 is 11.6 Å². The van der Waals surface area contributed by atoms with Crippen LogP contribution in [0.3, 0.4) is 0 Å². The minimum Gasteiger partial charge on any atom is -0.375 e. The van der Waals surface area contributed by atoms with Gasteiger partial charge in [0.2, 0.25) is 24.0 Å². The van der Waals surface area contributed by atoms with E-state index in [0.29, 0.717) is 40.5 Å². The Morgan fingerprint density at radius 2 is 1.89 bits per heavy atom. The van der Waals surface area contributed by atoms with Gasteiger partial charge in [-0.2, -0.15) is 9.97 Å². The number of rotatable bonds is 6. The number of ether oxygens (including phenoxy) is 1. The lowest BCUT2D eigenvalue weighted by molar-refractivity contribution is 0.0217. The van der Waals surface area contributed by atoms with Crippen LogP contribution in [0.15, 0.2) is 29.4 Å². The Labute approximate surface area is 226 Å². The van der Waals surface area contributed by atoms with Crippen LogP contribution in [-0.4, -0.2) is 59.9 Å². The first-order chi connectivity index (χ1) is 18.5. The molecule has 10 nitrogen and oxygen atoms in total. The van der Waals surface area contributed by atoms with Gasteiger partial charge in [-0.3, -0.25) is 4.98 Å². The van der Waals surface area contributed by atoms with Crippen LogP contribution in [0.4, 0.5) is 5.95 Å². The molecular weight excluding hydrogens is 504 g/mol. The molecule has 6 rings (SSSR count). The van der Waals surface area contributed by atoms with Gasteiger partial charge in [0.1, 0.15) is 11.2 Å². The Kier molecular flexibility index (Phi) is 7.01. The number of anilines is 1. The van der Waals surface area contributed by atoms with E-state index in [2.05, 4.69) is 45.4 Å². The SMILES string of the molecule is CC[C@@H]1[C@@H](C)OCCN1c1nc2nc(-c3ncon3)nc(-c3cncc(Cl)c3)c2n1C[C@H]1CC[C@H](C)CC1. The van der Waals surface area contributed by atoms with Gasteiger partial charge in [0.15, 0.2) is 5.65 Å². The van der Waals surface area contributed by atoms with E-state index in [9.17, 15) is 0 Å². The summed E-state index contributed by atoms with van der Waals surface area (Å²) in [6.45, 7) is 8.99. The van der Waals surface area contributed by atoms with Crippen molar-refractivity contribution in [3.05, 3.63) is 29.9 Å². The van der Waals surface area contributed by atoms with E-state index in [4.69, 9.17) is 35.8 Å². The van der Waals surface area contributed by atoms with Crippen LogP contribution in [0, 0.1) is 11.8 Å². The van der Waals surface area contributed by atoms with Crippen LogP contribution in [0.25, 0.3) is 34.1 Å². The first-order valence-corrected chi connectivity index (χ1v) is 13.9. The average Bonchev–Trinajstić information content (AvgIpc) is 3.58. The fraction of sp³-hybridized carbons (Fsp3) is 0.556. The van der Waals surface area contributed by atoms with E-state index in [1.165, 1.54) is 32.1 Å². The van der Waals surface area contributed by atoms with Gasteiger partial charge in [0.25, 0.3) is 0 Å². The number of hydrogen-bond donors (Lipinski definition) is 0. The third kappa shape index (κ3) is 4.75. The predicted octanol–water partition coefficient (Wildman–Crippen LogP) is 5.42. The number of imidazole rings is 1. The smallest absolute Gasteiger partial charge is 0.240 e. The summed E-state index contributed by atoms with van der Waals surface area (Å²) in [4.78, 5) is 25.9. The summed E-state index contributed by atoms with van der Waals surface area (Å²) >= 11 is 6.39. The summed E-state index contributed by atoms with van der Waals surface area (Å²) in [6, 6.07) is 2.09. The first-order valence-electron chi connectivity index (χ1n) is 13.6. The summed E-state index contributed by atoms with van der Waals surface area (Å²) in [7, 11) is 0. The lowest BCUT2D eigenvalue weighted by Crippen LogP contribution is -2.51. The zero-order chi connectivity index (χ0) is 26.2. The number of morpholine rings is 1. The van der Waals surface area contributed by atoms with Crippen molar-refractivity contribution in [3.63, 3.8) is 0 Å². The van der Waals surface area contributed by atoms with Crippen LogP contribution < -0.4 is 4.90 Å². The molecule has 2 fully saturated rings. The molecule has 0 amide bonds. The number of fused-ring (bicyclic) bond motifs is 1. The monoisotopic (exact) mass is 536 g/mol. The summed E-state index contributed by atoms with van der Waals surface area (Å²) in [5.74, 6) is 2.92. The normalized spacial score (nSPS) is 24.3. The molecule has 0 unspecified atom stereocenters. The molecule has 1 aliphatic heterocycles. The number of halogens is 1. The maximum atomic E-state index is 6.39. The van der Waals surface area contributed by atoms with Gasteiger partial charge < -0.3 is 18.7 Å². The van der Waals surface area contributed by atoms with Crippen molar-refractivity contribution < 1.29 is 9.26 Å². The molecule has 0 spiro atoms. The van der Waals surface area contributed by atoms with Crippen molar-refractivity contribution in [2.45, 2.75) is 71.6 Å². The molecule has 5 heterocycles. The highest BCUT2D eigenvalue weighted by molar-refractivity contribution is 6.30. The van der Waals surface area contributed by atoms with E-state index in [-0.39, 0.29) is 12.1 Å². The third-order valence-corrected chi connectivity index (χ3v) is 8.24. The lowest BCUT2D eigenvalue weighted by Gasteiger charge is -2.40. The Bertz CT molecular complexity index is 1400. The molecule has 0 aromatic carbocycles. The van der Waals surface area contributed by atoms with Gasteiger partial charge in [-0.05, 0) is 44.1 Å². The molecule has 0 bridgehead atoms. The molecule has 1 saturated carbocycles. The second-order valence-electron chi connectivity index (χ2n) is 10.6. The number of hydrogen-bond acceptors (Lipinski definition) is 9. The molecule has 1 aliphatic carbocycles. The summed E-state index contributed by atoms with van der Waals surface area (Å²) in [6.07, 6.45) is 10.6. The fourth-order valence-corrected chi connectivity index (χ4v) is 6.14. The van der Waals surface area contributed by atoms with Gasteiger partial charge >= 0.3 is 0 Å². The van der Waals surface area contributed by atoms with E-state index in [0.717, 1.165) is 42.5 Å². The predicted molar refractivity (Wildman–Crippen MR) is 145 cm³/mol. The molecule has 2 aliphatic rings. The quantitative estimate of drug-likeness (QED) is 0.319. The van der Waals surface area contributed by atoms with Crippen molar-refractivity contribution in [2.24, 2.45) is 11.8 Å². The molecule has 38 heavy (non-hydrogen) atoms. The van der Waals surface area contributed by atoms with Crippen LogP contribution in [-0.2, 0) is 11.3 Å². The maximum absolute atomic E-state index is 6.39. The van der Waals surface area contributed by atoms with Crippen LogP contribution in [0.5, 0.6) is 0 Å². The van der Waals surface area contributed by atoms with Crippen LogP contribution in [0.2, 0.25) is 5.02 Å². The van der Waals surface area contributed by atoms with E-state index >= 15 is 0 Å². The second kappa shape index (κ2) is 10.6. The number of pyridine rings is 1. The highest BCUT2D eigenvalue weighted by Gasteiger charge is 2.34. The molecule has 4 aromatic heterocycles. The molecule has 1 saturated heterocycles. The van der Waals surface area contributed by atoms with Gasteiger partial charge in [-0.1, -0.05) is 43.4 Å². The molecule has 0 N–H and O–H groups in total. The van der Waals surface area contributed by atoms with E-state index in [1.54, 1.807) is 12.4 Å². The van der Waals surface area contributed by atoms with Gasteiger partial charge in [-0.15, -0.1) is 0 Å². The van der Waals surface area contributed by atoms with E-state index in [1.807, 2.05) is 6.07 Å². The molecule has 2 atom stereocenters. The van der Waals surface area contributed by atoms with Crippen molar-refractivity contribution in [3.8, 4) is 22.9 Å². The number of nitrogens with zero attached hydrogens (tertiary/aromatic N) is 8. The van der Waals surface area contributed by atoms with Crippen molar-refractivity contribution in [2.75, 3.05) is 18.1 Å². The molecule has 4 aromatic rings. The minimum absolute atomic E-state index is 0.107. The second-order valence-corrected chi connectivity index (χ2v) is 11.0. The zero-order valence-corrected chi connectivity index (χ0v) is 22.8. The maximum Gasteiger partial charge on any atom is 0.240 e. The van der Waals surface area contributed by atoms with Crippen molar-refractivity contribution in [1.29, 1.82) is 0 Å². The van der Waals surface area contributed by atoms with Crippen molar-refractivity contribution in [1.82, 2.24) is 34.6 Å². The Hall–Kier alpha value is -3.11. The minimum atomic E-state index is 0.107. The molecule has 11 heteroatoms. The molecule has 200 valence electrons. The molecular formula is C27H33ClN8O2. The Morgan fingerprint density at radius 3 is 2.63 bits per heavy atom. The van der Waals surface area contributed by atoms with Gasteiger partial charge in [0.05, 0.1) is 23.8 Å².